The van der Waals surface area contributed by atoms with Gasteiger partial charge in [-0.1, -0.05) is 59.4 Å². The molecule has 0 atom stereocenters. The van der Waals surface area contributed by atoms with Gasteiger partial charge in [0.25, 0.3) is 0 Å². The molecule has 0 N–H and O–H groups in total. The van der Waals surface area contributed by atoms with E-state index in [4.69, 9.17) is 0 Å². The lowest BCUT2D eigenvalue weighted by Gasteiger charge is -2.12. The second kappa shape index (κ2) is 8.25. The van der Waals surface area contributed by atoms with Crippen LogP contribution >= 0.6 is 23.5 Å². The standard InChI is InChI=1S/C20H14F3N3S2/c1-12-6-8-13(9-7-12)17-16(11-24)18(26-19(25-17)27-2)28-15-5-3-4-14(10-15)20(21,22)23/h3-10H,1-2H3. The van der Waals surface area contributed by atoms with Crippen molar-refractivity contribution >= 4 is 23.5 Å². The zero-order chi connectivity index (χ0) is 20.3. The van der Waals surface area contributed by atoms with E-state index >= 15 is 0 Å². The maximum Gasteiger partial charge on any atom is 0.416 e. The van der Waals surface area contributed by atoms with Crippen LogP contribution in [0.5, 0.6) is 0 Å². The first kappa shape index (κ1) is 20.2. The molecule has 8 heteroatoms. The molecule has 3 aromatic rings. The van der Waals surface area contributed by atoms with Gasteiger partial charge in [0.1, 0.15) is 16.7 Å². The average molecular weight is 417 g/mol. The maximum absolute atomic E-state index is 13.0. The van der Waals surface area contributed by atoms with Crippen LogP contribution in [0.3, 0.4) is 0 Å². The van der Waals surface area contributed by atoms with Crippen LogP contribution in [0.2, 0.25) is 0 Å². The Hall–Kier alpha value is -2.50. The van der Waals surface area contributed by atoms with Gasteiger partial charge in [0.05, 0.1) is 11.3 Å². The Morgan fingerprint density at radius 2 is 1.75 bits per heavy atom. The zero-order valence-electron chi connectivity index (χ0n) is 14.9. The summed E-state index contributed by atoms with van der Waals surface area (Å²) in [5, 5.41) is 10.5. The Morgan fingerprint density at radius 3 is 2.36 bits per heavy atom. The summed E-state index contributed by atoms with van der Waals surface area (Å²) in [5.41, 5.74) is 1.79. The maximum atomic E-state index is 13.0. The lowest BCUT2D eigenvalue weighted by atomic mass is 10.1. The van der Waals surface area contributed by atoms with E-state index < -0.39 is 11.7 Å². The molecule has 1 heterocycles. The van der Waals surface area contributed by atoms with Crippen LogP contribution in [-0.2, 0) is 6.18 Å². The molecule has 28 heavy (non-hydrogen) atoms. The van der Waals surface area contributed by atoms with Crippen LogP contribution in [0.4, 0.5) is 13.2 Å². The molecule has 1 aromatic heterocycles. The SMILES string of the molecule is CSc1nc(Sc2cccc(C(F)(F)F)c2)c(C#N)c(-c2ccc(C)cc2)n1. The van der Waals surface area contributed by atoms with Crippen molar-refractivity contribution in [1.29, 1.82) is 5.26 Å². The second-order valence-electron chi connectivity index (χ2n) is 5.84. The highest BCUT2D eigenvalue weighted by Crippen LogP contribution is 2.37. The van der Waals surface area contributed by atoms with Gasteiger partial charge in [-0.3, -0.25) is 0 Å². The van der Waals surface area contributed by atoms with Crippen molar-refractivity contribution in [1.82, 2.24) is 9.97 Å². The fraction of sp³-hybridized carbons (Fsp3) is 0.150. The number of nitriles is 1. The number of hydrogen-bond donors (Lipinski definition) is 0. The van der Waals surface area contributed by atoms with E-state index in [-0.39, 0.29) is 5.56 Å². The molecule has 0 aliphatic heterocycles. The van der Waals surface area contributed by atoms with Gasteiger partial charge in [0.15, 0.2) is 5.16 Å². The molecule has 0 aliphatic rings. The quantitative estimate of drug-likeness (QED) is 0.287. The summed E-state index contributed by atoms with van der Waals surface area (Å²) in [6.45, 7) is 1.96. The number of benzene rings is 2. The fourth-order valence-electron chi connectivity index (χ4n) is 2.45. The second-order valence-corrected chi connectivity index (χ2v) is 7.68. The van der Waals surface area contributed by atoms with Crippen LogP contribution < -0.4 is 0 Å². The summed E-state index contributed by atoms with van der Waals surface area (Å²) in [4.78, 5) is 9.17. The van der Waals surface area contributed by atoms with E-state index in [0.717, 1.165) is 35.0 Å². The Bertz CT molecular complexity index is 1040. The molecule has 0 saturated heterocycles. The number of halogens is 3. The van der Waals surface area contributed by atoms with Crippen molar-refractivity contribution in [3.63, 3.8) is 0 Å². The van der Waals surface area contributed by atoms with Crippen molar-refractivity contribution in [2.24, 2.45) is 0 Å². The summed E-state index contributed by atoms with van der Waals surface area (Å²) in [5.74, 6) is 0. The molecule has 0 spiro atoms. The first-order chi connectivity index (χ1) is 13.3. The molecule has 0 amide bonds. The van der Waals surface area contributed by atoms with Crippen LogP contribution in [-0.4, -0.2) is 16.2 Å². The van der Waals surface area contributed by atoms with E-state index in [1.54, 1.807) is 12.3 Å². The summed E-state index contributed by atoms with van der Waals surface area (Å²) in [7, 11) is 0. The zero-order valence-corrected chi connectivity index (χ0v) is 16.5. The van der Waals surface area contributed by atoms with E-state index in [1.807, 2.05) is 31.2 Å². The fourth-order valence-corrected chi connectivity index (χ4v) is 3.81. The van der Waals surface area contributed by atoms with Crippen molar-refractivity contribution < 1.29 is 13.2 Å². The average Bonchev–Trinajstić information content (AvgIpc) is 2.67. The molecule has 3 nitrogen and oxygen atoms in total. The molecular weight excluding hydrogens is 403 g/mol. The number of rotatable bonds is 4. The summed E-state index contributed by atoms with van der Waals surface area (Å²) < 4.78 is 39.0. The minimum atomic E-state index is -4.43. The number of aryl methyl sites for hydroxylation is 1. The Kier molecular flexibility index (Phi) is 5.96. The third-order valence-electron chi connectivity index (χ3n) is 3.85. The van der Waals surface area contributed by atoms with Crippen molar-refractivity contribution in [3.05, 3.63) is 65.2 Å². The van der Waals surface area contributed by atoms with E-state index in [9.17, 15) is 18.4 Å². The van der Waals surface area contributed by atoms with Crippen LogP contribution in [0.15, 0.2) is 63.6 Å². The van der Waals surface area contributed by atoms with Gasteiger partial charge in [-0.15, -0.1) is 0 Å². The largest absolute Gasteiger partial charge is 0.416 e. The van der Waals surface area contributed by atoms with Gasteiger partial charge < -0.3 is 0 Å². The third-order valence-corrected chi connectivity index (χ3v) is 5.38. The van der Waals surface area contributed by atoms with Crippen molar-refractivity contribution in [3.8, 4) is 17.3 Å². The summed E-state index contributed by atoms with van der Waals surface area (Å²) >= 11 is 2.33. The lowest BCUT2D eigenvalue weighted by molar-refractivity contribution is -0.137. The van der Waals surface area contributed by atoms with Gasteiger partial charge in [-0.2, -0.15) is 18.4 Å². The normalized spacial score (nSPS) is 11.3. The van der Waals surface area contributed by atoms with Gasteiger partial charge in [0.2, 0.25) is 0 Å². The van der Waals surface area contributed by atoms with Gasteiger partial charge in [-0.05, 0) is 31.4 Å². The van der Waals surface area contributed by atoms with E-state index in [1.165, 1.54) is 17.8 Å². The smallest absolute Gasteiger partial charge is 0.221 e. The molecule has 0 fully saturated rings. The Morgan fingerprint density at radius 1 is 1.04 bits per heavy atom. The third kappa shape index (κ3) is 4.49. The van der Waals surface area contributed by atoms with E-state index in [2.05, 4.69) is 16.0 Å². The topological polar surface area (TPSA) is 49.6 Å². The first-order valence-electron chi connectivity index (χ1n) is 8.10. The number of aromatic nitrogens is 2. The van der Waals surface area contributed by atoms with Crippen LogP contribution in [0, 0.1) is 18.3 Å². The highest BCUT2D eigenvalue weighted by Gasteiger charge is 2.30. The predicted molar refractivity (Wildman–Crippen MR) is 104 cm³/mol. The molecule has 0 unspecified atom stereocenters. The highest BCUT2D eigenvalue weighted by atomic mass is 32.2. The number of thioether (sulfide) groups is 1. The molecule has 142 valence electrons. The van der Waals surface area contributed by atoms with Gasteiger partial charge in [-0.25, -0.2) is 9.97 Å². The predicted octanol–water partition coefficient (Wildman–Crippen LogP) is 6.22. The van der Waals surface area contributed by atoms with Crippen molar-refractivity contribution in [2.75, 3.05) is 6.26 Å². The van der Waals surface area contributed by atoms with Gasteiger partial charge >= 0.3 is 6.18 Å². The minimum Gasteiger partial charge on any atom is -0.221 e. The highest BCUT2D eigenvalue weighted by molar-refractivity contribution is 7.99. The number of hydrogen-bond acceptors (Lipinski definition) is 5. The first-order valence-corrected chi connectivity index (χ1v) is 10.1. The Balaban J connectivity index is 2.10. The van der Waals surface area contributed by atoms with Gasteiger partial charge in [0, 0.05) is 10.5 Å². The lowest BCUT2D eigenvalue weighted by Crippen LogP contribution is -2.04. The monoisotopic (exact) mass is 417 g/mol. The van der Waals surface area contributed by atoms with Crippen LogP contribution in [0.25, 0.3) is 11.3 Å². The molecular formula is C20H14F3N3S2. The molecule has 0 radical (unpaired) electrons. The minimum absolute atomic E-state index is 0.240. The summed E-state index contributed by atoms with van der Waals surface area (Å²) in [6.07, 6.45) is -2.63. The van der Waals surface area contributed by atoms with Crippen molar-refractivity contribution in [2.45, 2.75) is 28.2 Å². The van der Waals surface area contributed by atoms with E-state index in [0.29, 0.717) is 20.8 Å². The Labute approximate surface area is 169 Å². The molecule has 0 bridgehead atoms. The molecule has 0 aliphatic carbocycles. The van der Waals surface area contributed by atoms with Crippen LogP contribution in [0.1, 0.15) is 16.7 Å². The number of alkyl halides is 3. The number of nitrogens with zero attached hydrogens (tertiary/aromatic N) is 3. The molecule has 3 rings (SSSR count). The molecule has 0 saturated carbocycles. The summed E-state index contributed by atoms with van der Waals surface area (Å²) in [6, 6.07) is 14.6. The molecule has 2 aromatic carbocycles.